The molecule has 0 atom stereocenters. The van der Waals surface area contributed by atoms with Crippen LogP contribution in [-0.2, 0) is 6.42 Å². The fourth-order valence-electron chi connectivity index (χ4n) is 9.95. The minimum atomic E-state index is 0.360. The van der Waals surface area contributed by atoms with Crippen LogP contribution >= 0.6 is 0 Å². The molecule has 6 nitrogen and oxygen atoms in total. The molecule has 0 radical (unpaired) electrons. The Bertz CT molecular complexity index is 3910. The van der Waals surface area contributed by atoms with E-state index in [1.165, 1.54) is 16.2 Å². The molecule has 324 valence electrons. The Labute approximate surface area is 400 Å². The molecule has 0 unspecified atom stereocenters. The molecule has 0 fully saturated rings. The SMILES string of the molecule is N#CCc1ccc(N(c2ccc(-c3ccc(N(c4ccc(C#N)cc4)c4ccc5c(c4)c4ccccc4n5-c4ccccc4)cc3)cc2)c2ccc3c(c2)c2ccccc2n3-c2ccccc2)cc1. The van der Waals surface area contributed by atoms with E-state index in [0.29, 0.717) is 12.0 Å². The molecule has 12 rings (SSSR count). The van der Waals surface area contributed by atoms with Crippen molar-refractivity contribution in [1.82, 2.24) is 9.13 Å². The van der Waals surface area contributed by atoms with Gasteiger partial charge in [0.2, 0.25) is 0 Å². The van der Waals surface area contributed by atoms with Gasteiger partial charge in [-0.2, -0.15) is 10.5 Å². The van der Waals surface area contributed by atoms with Gasteiger partial charge in [0.15, 0.2) is 0 Å². The van der Waals surface area contributed by atoms with Crippen LogP contribution in [-0.4, -0.2) is 9.13 Å². The first kappa shape index (κ1) is 40.9. The van der Waals surface area contributed by atoms with Crippen molar-refractivity contribution in [1.29, 1.82) is 10.5 Å². The highest BCUT2D eigenvalue weighted by Gasteiger charge is 2.20. The first-order valence-electron chi connectivity index (χ1n) is 23.1. The van der Waals surface area contributed by atoms with Gasteiger partial charge < -0.3 is 18.9 Å². The Kier molecular flexibility index (Phi) is 10.2. The Morgan fingerprint density at radius 1 is 0.333 bits per heavy atom. The number of nitrogens with zero attached hydrogens (tertiary/aromatic N) is 6. The van der Waals surface area contributed by atoms with E-state index in [1.54, 1.807) is 0 Å². The van der Waals surface area contributed by atoms with Gasteiger partial charge in [0.1, 0.15) is 0 Å². The van der Waals surface area contributed by atoms with Gasteiger partial charge in [-0.1, -0.05) is 109 Å². The lowest BCUT2D eigenvalue weighted by Gasteiger charge is -2.26. The number of hydrogen-bond acceptors (Lipinski definition) is 4. The van der Waals surface area contributed by atoms with E-state index < -0.39 is 0 Å². The van der Waals surface area contributed by atoms with Crippen LogP contribution in [0, 0.1) is 22.7 Å². The molecule has 0 bridgehead atoms. The number of nitriles is 2. The van der Waals surface area contributed by atoms with E-state index in [-0.39, 0.29) is 0 Å². The molecule has 0 saturated heterocycles. The third-order valence-electron chi connectivity index (χ3n) is 13.2. The summed E-state index contributed by atoms with van der Waals surface area (Å²) in [5, 5.41) is 23.8. The zero-order valence-corrected chi connectivity index (χ0v) is 37.5. The molecular formula is C63H42N6. The molecule has 0 N–H and O–H groups in total. The highest BCUT2D eigenvalue weighted by Crippen LogP contribution is 2.43. The predicted molar refractivity (Wildman–Crippen MR) is 284 cm³/mol. The summed E-state index contributed by atoms with van der Waals surface area (Å²) in [6.45, 7) is 0. The normalized spacial score (nSPS) is 11.2. The molecule has 0 aliphatic carbocycles. The van der Waals surface area contributed by atoms with Gasteiger partial charge in [-0.15, -0.1) is 0 Å². The highest BCUT2D eigenvalue weighted by molar-refractivity contribution is 6.12. The summed E-state index contributed by atoms with van der Waals surface area (Å²) in [6.07, 6.45) is 0.360. The molecule has 2 heterocycles. The van der Waals surface area contributed by atoms with Crippen molar-refractivity contribution in [2.45, 2.75) is 6.42 Å². The Morgan fingerprint density at radius 3 is 1.12 bits per heavy atom. The predicted octanol–water partition coefficient (Wildman–Crippen LogP) is 16.4. The van der Waals surface area contributed by atoms with E-state index in [2.05, 4.69) is 237 Å². The molecular weight excluding hydrogens is 841 g/mol. The summed E-state index contributed by atoms with van der Waals surface area (Å²) in [4.78, 5) is 4.55. The number of fused-ring (bicyclic) bond motifs is 6. The number of benzene rings is 10. The minimum absolute atomic E-state index is 0.360. The van der Waals surface area contributed by atoms with E-state index >= 15 is 0 Å². The second-order valence-corrected chi connectivity index (χ2v) is 17.2. The van der Waals surface area contributed by atoms with Crippen LogP contribution in [0.4, 0.5) is 34.1 Å². The molecule has 0 amide bonds. The van der Waals surface area contributed by atoms with Gasteiger partial charge in [0, 0.05) is 67.0 Å². The lowest BCUT2D eigenvalue weighted by molar-refractivity contribution is 1.18. The summed E-state index contributed by atoms with van der Waals surface area (Å²) in [6, 6.07) is 89.8. The summed E-state index contributed by atoms with van der Waals surface area (Å²) < 4.78 is 4.67. The largest absolute Gasteiger partial charge is 0.310 e. The smallest absolute Gasteiger partial charge is 0.0991 e. The maximum Gasteiger partial charge on any atom is 0.0991 e. The lowest BCUT2D eigenvalue weighted by Crippen LogP contribution is -2.10. The van der Waals surface area contributed by atoms with Crippen molar-refractivity contribution in [3.63, 3.8) is 0 Å². The van der Waals surface area contributed by atoms with Crippen LogP contribution in [0.15, 0.2) is 243 Å². The standard InChI is InChI=1S/C63H42N6/c64-40-39-44-19-27-50(28-20-44)66(54-35-37-62-58(41-54)56-15-7-9-17-60(56)68(62)48-11-3-1-4-12-48)52-31-23-46(24-32-52)47-25-33-53(34-26-47)67(51-29-21-45(43-65)22-30-51)55-36-38-63-59(42-55)57-16-8-10-18-61(57)69(63)49-13-5-2-6-14-49/h1-38,41-42H,39H2. The summed E-state index contributed by atoms with van der Waals surface area (Å²) in [5.41, 5.74) is 16.7. The molecule has 12 aromatic rings. The average Bonchev–Trinajstić information content (AvgIpc) is 3.93. The molecule has 0 aliphatic heterocycles. The fourth-order valence-corrected chi connectivity index (χ4v) is 9.95. The van der Waals surface area contributed by atoms with E-state index in [1.807, 2.05) is 36.4 Å². The third kappa shape index (κ3) is 7.31. The van der Waals surface area contributed by atoms with Crippen molar-refractivity contribution < 1.29 is 0 Å². The number of rotatable bonds is 10. The van der Waals surface area contributed by atoms with Crippen LogP contribution in [0.5, 0.6) is 0 Å². The Balaban J connectivity index is 0.917. The molecule has 2 aromatic heterocycles. The van der Waals surface area contributed by atoms with E-state index in [0.717, 1.165) is 89.6 Å². The van der Waals surface area contributed by atoms with Crippen LogP contribution < -0.4 is 9.80 Å². The fraction of sp³-hybridized carbons (Fsp3) is 0.0159. The van der Waals surface area contributed by atoms with Crippen LogP contribution in [0.1, 0.15) is 11.1 Å². The molecule has 0 saturated carbocycles. The second-order valence-electron chi connectivity index (χ2n) is 17.2. The van der Waals surface area contributed by atoms with Crippen LogP contribution in [0.3, 0.4) is 0 Å². The van der Waals surface area contributed by atoms with Gasteiger partial charge in [0.05, 0.1) is 46.2 Å². The molecule has 69 heavy (non-hydrogen) atoms. The number of hydrogen-bond donors (Lipinski definition) is 0. The van der Waals surface area contributed by atoms with Crippen LogP contribution in [0.25, 0.3) is 66.1 Å². The highest BCUT2D eigenvalue weighted by atomic mass is 15.1. The molecule has 6 heteroatoms. The van der Waals surface area contributed by atoms with Crippen molar-refractivity contribution in [3.8, 4) is 34.6 Å². The molecule has 0 aliphatic rings. The first-order chi connectivity index (χ1) is 34.1. The van der Waals surface area contributed by atoms with Gasteiger partial charge in [-0.05, 0) is 150 Å². The summed E-state index contributed by atoms with van der Waals surface area (Å²) in [5.74, 6) is 0. The second kappa shape index (κ2) is 17.3. The Hall–Kier alpha value is -9.62. The van der Waals surface area contributed by atoms with Gasteiger partial charge >= 0.3 is 0 Å². The zero-order chi connectivity index (χ0) is 46.3. The van der Waals surface area contributed by atoms with Crippen molar-refractivity contribution >= 4 is 77.7 Å². The Morgan fingerprint density at radius 2 is 0.696 bits per heavy atom. The van der Waals surface area contributed by atoms with Crippen molar-refractivity contribution in [2.24, 2.45) is 0 Å². The summed E-state index contributed by atoms with van der Waals surface area (Å²) >= 11 is 0. The number of aromatic nitrogens is 2. The van der Waals surface area contributed by atoms with Crippen molar-refractivity contribution in [2.75, 3.05) is 9.80 Å². The average molecular weight is 883 g/mol. The van der Waals surface area contributed by atoms with E-state index in [9.17, 15) is 10.5 Å². The quantitative estimate of drug-likeness (QED) is 0.137. The van der Waals surface area contributed by atoms with Gasteiger partial charge in [-0.3, -0.25) is 0 Å². The first-order valence-corrected chi connectivity index (χ1v) is 23.1. The molecule has 0 spiro atoms. The summed E-state index contributed by atoms with van der Waals surface area (Å²) in [7, 11) is 0. The third-order valence-corrected chi connectivity index (χ3v) is 13.2. The van der Waals surface area contributed by atoms with E-state index in [4.69, 9.17) is 0 Å². The number of para-hydroxylation sites is 4. The minimum Gasteiger partial charge on any atom is -0.310 e. The van der Waals surface area contributed by atoms with Gasteiger partial charge in [0.25, 0.3) is 0 Å². The van der Waals surface area contributed by atoms with Crippen LogP contribution in [0.2, 0.25) is 0 Å². The van der Waals surface area contributed by atoms with Gasteiger partial charge in [-0.25, -0.2) is 0 Å². The maximum absolute atomic E-state index is 9.68. The number of anilines is 6. The van der Waals surface area contributed by atoms with Crippen molar-refractivity contribution in [3.05, 3.63) is 254 Å². The maximum atomic E-state index is 9.68. The molecule has 10 aromatic carbocycles. The topological polar surface area (TPSA) is 63.9 Å². The monoisotopic (exact) mass is 882 g/mol. The zero-order valence-electron chi connectivity index (χ0n) is 37.5. The lowest BCUT2D eigenvalue weighted by atomic mass is 10.0.